The lowest BCUT2D eigenvalue weighted by molar-refractivity contribution is 0.218. The Balaban J connectivity index is 2.39. The molecule has 0 aromatic heterocycles. The van der Waals surface area contributed by atoms with Crippen LogP contribution in [0.15, 0.2) is 11.6 Å². The van der Waals surface area contributed by atoms with Crippen molar-refractivity contribution in [2.75, 3.05) is 26.8 Å². The first-order chi connectivity index (χ1) is 5.36. The Hall–Kier alpha value is -1.01. The summed E-state index contributed by atoms with van der Waals surface area (Å²) in [6, 6.07) is 0. The molecule has 0 saturated heterocycles. The van der Waals surface area contributed by atoms with E-state index in [-0.39, 0.29) is 0 Å². The predicted octanol–water partition coefficient (Wildman–Crippen LogP) is 0.746. The fraction of sp³-hybridized carbons (Fsp3) is 0.625. The molecule has 0 aromatic carbocycles. The van der Waals surface area contributed by atoms with Crippen molar-refractivity contribution in [2.24, 2.45) is 0 Å². The minimum Gasteiger partial charge on any atom is -0.380 e. The largest absolute Gasteiger partial charge is 0.380 e. The van der Waals surface area contributed by atoms with Crippen LogP contribution >= 0.6 is 0 Å². The molecular formula is C8H12N2O. The topological polar surface area (TPSA) is 36.3 Å². The highest BCUT2D eigenvalue weighted by molar-refractivity contribution is 5.09. The van der Waals surface area contributed by atoms with Gasteiger partial charge in [-0.05, 0) is 12.0 Å². The second-order valence-corrected chi connectivity index (χ2v) is 2.59. The van der Waals surface area contributed by atoms with E-state index in [0.717, 1.165) is 19.5 Å². The van der Waals surface area contributed by atoms with Gasteiger partial charge in [0.05, 0.1) is 6.61 Å². The molecule has 0 amide bonds. The zero-order chi connectivity index (χ0) is 8.10. The quantitative estimate of drug-likeness (QED) is 0.432. The second-order valence-electron chi connectivity index (χ2n) is 2.59. The smallest absolute Gasteiger partial charge is 0.179 e. The van der Waals surface area contributed by atoms with Crippen LogP contribution in [0.3, 0.4) is 0 Å². The molecule has 11 heavy (non-hydrogen) atoms. The third-order valence-corrected chi connectivity index (χ3v) is 1.77. The molecule has 0 spiro atoms. The molecule has 1 aliphatic rings. The molecule has 1 aliphatic heterocycles. The minimum absolute atomic E-state index is 0.708. The van der Waals surface area contributed by atoms with E-state index in [4.69, 9.17) is 10.00 Å². The molecule has 1 heterocycles. The highest BCUT2D eigenvalue weighted by Crippen LogP contribution is 2.09. The first-order valence-corrected chi connectivity index (χ1v) is 3.68. The van der Waals surface area contributed by atoms with Crippen molar-refractivity contribution >= 4 is 0 Å². The number of nitriles is 1. The maximum Gasteiger partial charge on any atom is 0.179 e. The molecule has 0 saturated carbocycles. The Bertz CT molecular complexity index is 193. The van der Waals surface area contributed by atoms with Gasteiger partial charge in [-0.2, -0.15) is 5.26 Å². The molecule has 0 atom stereocenters. The highest BCUT2D eigenvalue weighted by Gasteiger charge is 2.08. The van der Waals surface area contributed by atoms with Crippen molar-refractivity contribution < 1.29 is 4.74 Å². The Morgan fingerprint density at radius 2 is 2.64 bits per heavy atom. The Labute approximate surface area is 66.9 Å². The van der Waals surface area contributed by atoms with E-state index in [2.05, 4.69) is 12.3 Å². The van der Waals surface area contributed by atoms with Crippen molar-refractivity contribution in [3.63, 3.8) is 0 Å². The van der Waals surface area contributed by atoms with Crippen LogP contribution in [0.5, 0.6) is 0 Å². The van der Waals surface area contributed by atoms with E-state index in [1.54, 1.807) is 12.0 Å². The summed E-state index contributed by atoms with van der Waals surface area (Å²) in [6.45, 7) is 2.29. The fourth-order valence-corrected chi connectivity index (χ4v) is 1.12. The van der Waals surface area contributed by atoms with Crippen LogP contribution in [-0.4, -0.2) is 31.7 Å². The zero-order valence-corrected chi connectivity index (χ0v) is 6.71. The normalized spacial score (nSPS) is 17.5. The molecule has 1 rings (SSSR count). The molecule has 0 aromatic rings. The van der Waals surface area contributed by atoms with Crippen LogP contribution in [0.4, 0.5) is 0 Å². The SMILES string of the molecule is COCC1=CCN(C#N)CC1. The van der Waals surface area contributed by atoms with Crippen molar-refractivity contribution in [3.05, 3.63) is 11.6 Å². The lowest BCUT2D eigenvalue weighted by atomic mass is 10.1. The molecule has 3 nitrogen and oxygen atoms in total. The fourth-order valence-electron chi connectivity index (χ4n) is 1.12. The molecule has 3 heteroatoms. The number of ether oxygens (including phenoxy) is 1. The molecule has 0 bridgehead atoms. The van der Waals surface area contributed by atoms with Gasteiger partial charge in [0.2, 0.25) is 0 Å². The molecule has 0 N–H and O–H groups in total. The van der Waals surface area contributed by atoms with Crippen LogP contribution in [0, 0.1) is 11.5 Å². The van der Waals surface area contributed by atoms with E-state index >= 15 is 0 Å². The summed E-state index contributed by atoms with van der Waals surface area (Å²) >= 11 is 0. The lowest BCUT2D eigenvalue weighted by Crippen LogP contribution is -2.24. The summed E-state index contributed by atoms with van der Waals surface area (Å²) in [5.74, 6) is 0. The number of hydrogen-bond acceptors (Lipinski definition) is 3. The van der Waals surface area contributed by atoms with E-state index in [0.29, 0.717) is 6.61 Å². The average Bonchev–Trinajstić information content (AvgIpc) is 2.07. The third-order valence-electron chi connectivity index (χ3n) is 1.77. The monoisotopic (exact) mass is 152 g/mol. The Morgan fingerprint density at radius 3 is 3.09 bits per heavy atom. The van der Waals surface area contributed by atoms with Crippen LogP contribution in [0.2, 0.25) is 0 Å². The first-order valence-electron chi connectivity index (χ1n) is 3.68. The number of methoxy groups -OCH3 is 1. The van der Waals surface area contributed by atoms with Gasteiger partial charge in [0.25, 0.3) is 0 Å². The lowest BCUT2D eigenvalue weighted by Gasteiger charge is -2.20. The summed E-state index contributed by atoms with van der Waals surface area (Å²) < 4.78 is 4.98. The second kappa shape index (κ2) is 3.99. The van der Waals surface area contributed by atoms with Crippen molar-refractivity contribution in [1.82, 2.24) is 4.90 Å². The molecule has 0 radical (unpaired) electrons. The van der Waals surface area contributed by atoms with Gasteiger partial charge >= 0.3 is 0 Å². The summed E-state index contributed by atoms with van der Waals surface area (Å²) in [7, 11) is 1.69. The zero-order valence-electron chi connectivity index (χ0n) is 6.71. The summed E-state index contributed by atoms with van der Waals surface area (Å²) in [5.41, 5.74) is 1.30. The van der Waals surface area contributed by atoms with Crippen LogP contribution in [0.25, 0.3) is 0 Å². The van der Waals surface area contributed by atoms with Gasteiger partial charge in [0.15, 0.2) is 6.19 Å². The average molecular weight is 152 g/mol. The van der Waals surface area contributed by atoms with E-state index < -0.39 is 0 Å². The maximum absolute atomic E-state index is 8.52. The van der Waals surface area contributed by atoms with E-state index in [9.17, 15) is 0 Å². The van der Waals surface area contributed by atoms with Gasteiger partial charge in [-0.15, -0.1) is 0 Å². The molecule has 0 aliphatic carbocycles. The summed E-state index contributed by atoms with van der Waals surface area (Å²) in [4.78, 5) is 1.74. The number of nitrogens with zero attached hydrogens (tertiary/aromatic N) is 2. The Morgan fingerprint density at radius 1 is 1.82 bits per heavy atom. The highest BCUT2D eigenvalue weighted by atomic mass is 16.5. The standard InChI is InChI=1S/C8H12N2O/c1-11-6-8-2-4-10(7-9)5-3-8/h2H,3-6H2,1H3. The Kier molecular flexibility index (Phi) is 2.94. The van der Waals surface area contributed by atoms with E-state index in [1.165, 1.54) is 5.57 Å². The van der Waals surface area contributed by atoms with Crippen LogP contribution < -0.4 is 0 Å². The van der Waals surface area contributed by atoms with Crippen LogP contribution in [-0.2, 0) is 4.74 Å². The maximum atomic E-state index is 8.52. The van der Waals surface area contributed by atoms with Gasteiger partial charge < -0.3 is 9.64 Å². The van der Waals surface area contributed by atoms with Crippen molar-refractivity contribution in [1.29, 1.82) is 5.26 Å². The van der Waals surface area contributed by atoms with Gasteiger partial charge in [0, 0.05) is 20.2 Å². The molecule has 0 fully saturated rings. The molecule has 60 valence electrons. The van der Waals surface area contributed by atoms with Crippen LogP contribution in [0.1, 0.15) is 6.42 Å². The van der Waals surface area contributed by atoms with Crippen molar-refractivity contribution in [3.8, 4) is 6.19 Å². The minimum atomic E-state index is 0.708. The molecule has 0 unspecified atom stereocenters. The summed E-state index contributed by atoms with van der Waals surface area (Å²) in [6.07, 6.45) is 5.14. The first kappa shape index (κ1) is 8.09. The summed E-state index contributed by atoms with van der Waals surface area (Å²) in [5, 5.41) is 8.52. The van der Waals surface area contributed by atoms with E-state index in [1.807, 2.05) is 0 Å². The predicted molar refractivity (Wildman–Crippen MR) is 41.8 cm³/mol. The van der Waals surface area contributed by atoms with Crippen molar-refractivity contribution in [2.45, 2.75) is 6.42 Å². The molecular weight excluding hydrogens is 140 g/mol. The number of rotatable bonds is 2. The van der Waals surface area contributed by atoms with Gasteiger partial charge in [-0.3, -0.25) is 0 Å². The van der Waals surface area contributed by atoms with Gasteiger partial charge in [-0.25, -0.2) is 0 Å². The third kappa shape index (κ3) is 2.24. The van der Waals surface area contributed by atoms with Gasteiger partial charge in [-0.1, -0.05) is 6.08 Å². The van der Waals surface area contributed by atoms with Gasteiger partial charge in [0.1, 0.15) is 0 Å². The number of hydrogen-bond donors (Lipinski definition) is 0.